The average molecular weight is 264 g/mol. The maximum absolute atomic E-state index is 5.64. The zero-order valence-corrected chi connectivity index (χ0v) is 12.1. The van der Waals surface area contributed by atoms with Gasteiger partial charge in [0.1, 0.15) is 0 Å². The molecule has 2 heterocycles. The van der Waals surface area contributed by atoms with Crippen LogP contribution in [0.4, 0.5) is 5.95 Å². The van der Waals surface area contributed by atoms with Crippen LogP contribution in [-0.4, -0.2) is 41.7 Å². The summed E-state index contributed by atoms with van der Waals surface area (Å²) in [6.07, 6.45) is 4.32. The van der Waals surface area contributed by atoms with E-state index in [2.05, 4.69) is 27.1 Å². The van der Waals surface area contributed by atoms with Crippen LogP contribution < -0.4 is 15.0 Å². The second-order valence-electron chi connectivity index (χ2n) is 5.15. The molecule has 0 radical (unpaired) electrons. The molecule has 1 unspecified atom stereocenters. The van der Waals surface area contributed by atoms with Crippen molar-refractivity contribution in [2.24, 2.45) is 0 Å². The lowest BCUT2D eigenvalue weighted by molar-refractivity contribution is 0.232. The predicted molar refractivity (Wildman–Crippen MR) is 76.7 cm³/mol. The number of hydrogen-bond donors (Lipinski definition) is 1. The van der Waals surface area contributed by atoms with E-state index in [1.165, 1.54) is 12.8 Å². The number of piperidine rings is 1. The third-order valence-electron chi connectivity index (χ3n) is 3.28. The normalized spacial score (nSPS) is 19.5. The Kier molecular flexibility index (Phi) is 4.96. The SMILES string of the molecule is CCN(c1nccc(OC(C)C)n1)C1CCCNC1. The molecule has 0 spiro atoms. The van der Waals surface area contributed by atoms with Gasteiger partial charge in [-0.25, -0.2) is 4.98 Å². The topological polar surface area (TPSA) is 50.3 Å². The quantitative estimate of drug-likeness (QED) is 0.879. The maximum atomic E-state index is 5.64. The Morgan fingerprint density at radius 3 is 3.00 bits per heavy atom. The molecule has 1 fully saturated rings. The summed E-state index contributed by atoms with van der Waals surface area (Å²) in [6.45, 7) is 9.19. The number of rotatable bonds is 5. The molecule has 0 amide bonds. The number of hydrogen-bond acceptors (Lipinski definition) is 5. The van der Waals surface area contributed by atoms with Gasteiger partial charge in [0, 0.05) is 31.4 Å². The van der Waals surface area contributed by atoms with Crippen molar-refractivity contribution in [1.82, 2.24) is 15.3 Å². The fourth-order valence-corrected chi connectivity index (χ4v) is 2.44. The molecule has 1 aromatic heterocycles. The Balaban J connectivity index is 2.12. The molecule has 0 aliphatic carbocycles. The van der Waals surface area contributed by atoms with Gasteiger partial charge in [0.05, 0.1) is 6.10 Å². The number of nitrogens with one attached hydrogen (secondary N) is 1. The van der Waals surface area contributed by atoms with Gasteiger partial charge in [0.15, 0.2) is 0 Å². The number of likely N-dealkylation sites (N-methyl/N-ethyl adjacent to an activating group) is 1. The zero-order chi connectivity index (χ0) is 13.7. The Hall–Kier alpha value is -1.36. The molecule has 1 aliphatic heterocycles. The Morgan fingerprint density at radius 1 is 1.53 bits per heavy atom. The van der Waals surface area contributed by atoms with Crippen molar-refractivity contribution < 1.29 is 4.74 Å². The highest BCUT2D eigenvalue weighted by atomic mass is 16.5. The summed E-state index contributed by atoms with van der Waals surface area (Å²) in [5, 5.41) is 3.44. The lowest BCUT2D eigenvalue weighted by Gasteiger charge is -2.34. The number of aromatic nitrogens is 2. The van der Waals surface area contributed by atoms with Gasteiger partial charge in [-0.2, -0.15) is 4.98 Å². The molecule has 2 rings (SSSR count). The highest BCUT2D eigenvalue weighted by Crippen LogP contribution is 2.19. The summed E-state index contributed by atoms with van der Waals surface area (Å²) < 4.78 is 5.64. The molecule has 0 saturated carbocycles. The molecule has 1 atom stereocenters. The zero-order valence-electron chi connectivity index (χ0n) is 12.1. The highest BCUT2D eigenvalue weighted by Gasteiger charge is 2.22. The third kappa shape index (κ3) is 3.80. The number of nitrogens with zero attached hydrogens (tertiary/aromatic N) is 3. The van der Waals surface area contributed by atoms with E-state index in [1.807, 2.05) is 19.9 Å². The van der Waals surface area contributed by atoms with Crippen LogP contribution in [0.1, 0.15) is 33.6 Å². The molecule has 1 aromatic rings. The van der Waals surface area contributed by atoms with E-state index in [9.17, 15) is 0 Å². The van der Waals surface area contributed by atoms with E-state index < -0.39 is 0 Å². The van der Waals surface area contributed by atoms with E-state index in [-0.39, 0.29) is 6.10 Å². The van der Waals surface area contributed by atoms with Gasteiger partial charge < -0.3 is 15.0 Å². The summed E-state index contributed by atoms with van der Waals surface area (Å²) in [6, 6.07) is 2.30. The minimum Gasteiger partial charge on any atom is -0.475 e. The number of anilines is 1. The van der Waals surface area contributed by atoms with Crippen LogP contribution in [0, 0.1) is 0 Å². The van der Waals surface area contributed by atoms with Crippen molar-refractivity contribution in [1.29, 1.82) is 0 Å². The van der Waals surface area contributed by atoms with Crippen LogP contribution >= 0.6 is 0 Å². The standard InChI is InChI=1S/C14H24N4O/c1-4-18(12-6-5-8-15-10-12)14-16-9-7-13(17-14)19-11(2)3/h7,9,11-12,15H,4-6,8,10H2,1-3H3. The van der Waals surface area contributed by atoms with Crippen LogP contribution in [-0.2, 0) is 0 Å². The van der Waals surface area contributed by atoms with Gasteiger partial charge in [0.25, 0.3) is 0 Å². The van der Waals surface area contributed by atoms with Gasteiger partial charge in [0.2, 0.25) is 11.8 Å². The van der Waals surface area contributed by atoms with Gasteiger partial charge >= 0.3 is 0 Å². The average Bonchev–Trinajstić information content (AvgIpc) is 2.40. The molecule has 1 aliphatic rings. The van der Waals surface area contributed by atoms with Crippen molar-refractivity contribution in [2.45, 2.75) is 45.8 Å². The van der Waals surface area contributed by atoms with E-state index in [4.69, 9.17) is 4.74 Å². The van der Waals surface area contributed by atoms with Gasteiger partial charge in [-0.3, -0.25) is 0 Å². The molecule has 0 aromatic carbocycles. The second kappa shape index (κ2) is 6.70. The lowest BCUT2D eigenvalue weighted by atomic mass is 10.1. The van der Waals surface area contributed by atoms with Crippen molar-refractivity contribution in [3.05, 3.63) is 12.3 Å². The smallest absolute Gasteiger partial charge is 0.228 e. The number of ether oxygens (including phenoxy) is 1. The van der Waals surface area contributed by atoms with Gasteiger partial charge in [-0.05, 0) is 40.2 Å². The monoisotopic (exact) mass is 264 g/mol. The summed E-state index contributed by atoms with van der Waals surface area (Å²) in [4.78, 5) is 11.2. The molecule has 5 heteroatoms. The largest absolute Gasteiger partial charge is 0.475 e. The first-order chi connectivity index (χ1) is 9.20. The summed E-state index contributed by atoms with van der Waals surface area (Å²) in [7, 11) is 0. The van der Waals surface area contributed by atoms with Crippen LogP contribution in [0.15, 0.2) is 12.3 Å². The van der Waals surface area contributed by atoms with E-state index in [0.717, 1.165) is 25.6 Å². The van der Waals surface area contributed by atoms with Crippen molar-refractivity contribution in [3.63, 3.8) is 0 Å². The van der Waals surface area contributed by atoms with E-state index in [1.54, 1.807) is 6.20 Å². The van der Waals surface area contributed by atoms with Crippen LogP contribution in [0.25, 0.3) is 0 Å². The molecule has 1 saturated heterocycles. The summed E-state index contributed by atoms with van der Waals surface area (Å²) in [5.41, 5.74) is 0. The highest BCUT2D eigenvalue weighted by molar-refractivity contribution is 5.33. The Morgan fingerprint density at radius 2 is 2.37 bits per heavy atom. The molecular weight excluding hydrogens is 240 g/mol. The molecule has 19 heavy (non-hydrogen) atoms. The van der Waals surface area contributed by atoms with Crippen LogP contribution in [0.2, 0.25) is 0 Å². The molecular formula is C14H24N4O. The molecule has 5 nitrogen and oxygen atoms in total. The summed E-state index contributed by atoms with van der Waals surface area (Å²) >= 11 is 0. The first kappa shape index (κ1) is 14.1. The molecule has 1 N–H and O–H groups in total. The van der Waals surface area contributed by atoms with Crippen molar-refractivity contribution in [2.75, 3.05) is 24.5 Å². The van der Waals surface area contributed by atoms with E-state index in [0.29, 0.717) is 11.9 Å². The molecule has 106 valence electrons. The molecule has 0 bridgehead atoms. The van der Waals surface area contributed by atoms with Crippen LogP contribution in [0.5, 0.6) is 5.88 Å². The minimum atomic E-state index is 0.133. The van der Waals surface area contributed by atoms with Crippen molar-refractivity contribution >= 4 is 5.95 Å². The third-order valence-corrected chi connectivity index (χ3v) is 3.28. The fourth-order valence-electron chi connectivity index (χ4n) is 2.44. The predicted octanol–water partition coefficient (Wildman–Crippen LogP) is 1.84. The minimum absolute atomic E-state index is 0.133. The van der Waals surface area contributed by atoms with Gasteiger partial charge in [-0.15, -0.1) is 0 Å². The van der Waals surface area contributed by atoms with E-state index >= 15 is 0 Å². The summed E-state index contributed by atoms with van der Waals surface area (Å²) in [5.74, 6) is 1.43. The van der Waals surface area contributed by atoms with Crippen molar-refractivity contribution in [3.8, 4) is 5.88 Å². The maximum Gasteiger partial charge on any atom is 0.228 e. The van der Waals surface area contributed by atoms with Gasteiger partial charge in [-0.1, -0.05) is 0 Å². The fraction of sp³-hybridized carbons (Fsp3) is 0.714. The Bertz CT molecular complexity index is 391. The first-order valence-corrected chi connectivity index (χ1v) is 7.17. The second-order valence-corrected chi connectivity index (χ2v) is 5.15. The van der Waals surface area contributed by atoms with Crippen LogP contribution in [0.3, 0.4) is 0 Å². The first-order valence-electron chi connectivity index (χ1n) is 7.17. The lowest BCUT2D eigenvalue weighted by Crippen LogP contribution is -2.46. The Labute approximate surface area is 115 Å².